The van der Waals surface area contributed by atoms with Crippen molar-refractivity contribution in [3.05, 3.63) is 12.5 Å². The molecule has 1 N–H and O–H groups in total. The molecule has 0 spiro atoms. The van der Waals surface area contributed by atoms with Gasteiger partial charge in [-0.05, 0) is 6.92 Å². The van der Waals surface area contributed by atoms with Crippen LogP contribution in [0.1, 0.15) is 6.92 Å². The highest BCUT2D eigenvalue weighted by atomic mass is 35.5. The molecule has 0 aliphatic heterocycles. The number of sulfonamides is 1. The summed E-state index contributed by atoms with van der Waals surface area (Å²) in [7, 11) is -2.58. The van der Waals surface area contributed by atoms with Gasteiger partial charge in [-0.1, -0.05) is 0 Å². The van der Waals surface area contributed by atoms with Gasteiger partial charge in [0.1, 0.15) is 5.38 Å². The Labute approximate surface area is 110 Å². The van der Waals surface area contributed by atoms with Crippen LogP contribution in [0.3, 0.4) is 0 Å². The highest BCUT2D eigenvalue weighted by Crippen LogP contribution is 2.06. The Morgan fingerprint density at radius 3 is 2.83 bits per heavy atom. The van der Waals surface area contributed by atoms with E-state index in [2.05, 4.69) is 14.4 Å². The molecule has 0 radical (unpaired) electrons. The fraction of sp³-hybridized carbons (Fsp3) is 0.556. The van der Waals surface area contributed by atoms with Crippen LogP contribution < -0.4 is 4.72 Å². The Kier molecular flexibility index (Phi) is 5.12. The first-order valence-electron chi connectivity index (χ1n) is 5.14. The van der Waals surface area contributed by atoms with Crippen molar-refractivity contribution in [2.24, 2.45) is 0 Å². The zero-order valence-corrected chi connectivity index (χ0v) is 11.5. The smallest absolute Gasteiger partial charge is 0.325 e. The van der Waals surface area contributed by atoms with Crippen molar-refractivity contribution in [2.45, 2.75) is 23.9 Å². The fourth-order valence-electron chi connectivity index (χ4n) is 1.12. The Morgan fingerprint density at radius 2 is 2.33 bits per heavy atom. The molecule has 1 heterocycles. The minimum Gasteiger partial charge on any atom is -0.468 e. The zero-order valence-electron chi connectivity index (χ0n) is 9.96. The van der Waals surface area contributed by atoms with Crippen molar-refractivity contribution in [1.29, 1.82) is 0 Å². The molecular formula is C9H14ClN3O4S. The quantitative estimate of drug-likeness (QED) is 0.587. The highest BCUT2D eigenvalue weighted by Gasteiger charge is 2.22. The van der Waals surface area contributed by atoms with E-state index in [0.29, 0.717) is 6.54 Å². The lowest BCUT2D eigenvalue weighted by molar-refractivity contribution is -0.140. The van der Waals surface area contributed by atoms with Gasteiger partial charge in [-0.2, -0.15) is 0 Å². The van der Waals surface area contributed by atoms with Crippen molar-refractivity contribution in [3.8, 4) is 0 Å². The molecule has 0 amide bonds. The molecule has 18 heavy (non-hydrogen) atoms. The molecule has 102 valence electrons. The molecule has 9 heteroatoms. The molecule has 1 unspecified atom stereocenters. The molecule has 0 saturated carbocycles. The minimum atomic E-state index is -3.76. The standard InChI is InChI=1S/C9H14ClN3O4S/c1-3-13-5-8(11-6-13)18(15,16)12-4-7(10)9(14)17-2/h5-7,12H,3-4H2,1-2H3. The molecule has 0 fully saturated rings. The predicted molar refractivity (Wildman–Crippen MR) is 64.7 cm³/mol. The van der Waals surface area contributed by atoms with Crippen molar-refractivity contribution in [2.75, 3.05) is 13.7 Å². The third-order valence-corrected chi connectivity index (χ3v) is 3.80. The summed E-state index contributed by atoms with van der Waals surface area (Å²) in [5.41, 5.74) is 0. The van der Waals surface area contributed by atoms with Crippen LogP contribution in [0.25, 0.3) is 0 Å². The van der Waals surface area contributed by atoms with E-state index in [1.807, 2.05) is 6.92 Å². The summed E-state index contributed by atoms with van der Waals surface area (Å²) in [4.78, 5) is 14.8. The first kappa shape index (κ1) is 14.9. The number of nitrogens with one attached hydrogen (secondary N) is 1. The Bertz CT molecular complexity index is 514. The predicted octanol–water partition coefficient (Wildman–Crippen LogP) is -0.0383. The summed E-state index contributed by atoms with van der Waals surface area (Å²) in [5, 5.41) is -1.18. The van der Waals surface area contributed by atoms with Crippen LogP contribution in [0.2, 0.25) is 0 Å². The number of alkyl halides is 1. The average Bonchev–Trinajstić information content (AvgIpc) is 2.84. The SMILES string of the molecule is CCn1cnc(S(=O)(=O)NCC(Cl)C(=O)OC)c1. The van der Waals surface area contributed by atoms with E-state index in [0.717, 1.165) is 0 Å². The number of imidazole rings is 1. The fourth-order valence-corrected chi connectivity index (χ4v) is 2.37. The van der Waals surface area contributed by atoms with Crippen molar-refractivity contribution in [1.82, 2.24) is 14.3 Å². The van der Waals surface area contributed by atoms with Gasteiger partial charge < -0.3 is 9.30 Å². The van der Waals surface area contributed by atoms with E-state index in [1.54, 1.807) is 4.57 Å². The van der Waals surface area contributed by atoms with Gasteiger partial charge in [0.15, 0.2) is 5.03 Å². The molecule has 1 aromatic heterocycles. The third kappa shape index (κ3) is 3.69. The van der Waals surface area contributed by atoms with Gasteiger partial charge in [-0.3, -0.25) is 4.79 Å². The number of esters is 1. The summed E-state index contributed by atoms with van der Waals surface area (Å²) in [6.07, 6.45) is 2.80. The first-order valence-corrected chi connectivity index (χ1v) is 7.06. The summed E-state index contributed by atoms with van der Waals surface area (Å²) < 4.78 is 31.7. The summed E-state index contributed by atoms with van der Waals surface area (Å²) in [5.74, 6) is -0.696. The van der Waals surface area contributed by atoms with Crippen molar-refractivity contribution in [3.63, 3.8) is 0 Å². The van der Waals surface area contributed by atoms with Crippen LogP contribution in [0.4, 0.5) is 0 Å². The third-order valence-electron chi connectivity index (χ3n) is 2.16. The Morgan fingerprint density at radius 1 is 1.67 bits per heavy atom. The largest absolute Gasteiger partial charge is 0.468 e. The second kappa shape index (κ2) is 6.17. The molecule has 1 aromatic rings. The van der Waals surface area contributed by atoms with Gasteiger partial charge in [0.25, 0.3) is 10.0 Å². The van der Waals surface area contributed by atoms with Crippen molar-refractivity contribution >= 4 is 27.6 Å². The van der Waals surface area contributed by atoms with Crippen LogP contribution in [0.5, 0.6) is 0 Å². The molecule has 0 aromatic carbocycles. The maximum atomic E-state index is 11.8. The van der Waals surface area contributed by atoms with Crippen LogP contribution in [-0.2, 0) is 26.1 Å². The molecule has 0 saturated heterocycles. The van der Waals surface area contributed by atoms with Crippen LogP contribution in [0.15, 0.2) is 17.6 Å². The number of rotatable bonds is 6. The van der Waals surface area contributed by atoms with Gasteiger partial charge >= 0.3 is 5.97 Å². The number of ether oxygens (including phenoxy) is 1. The first-order chi connectivity index (χ1) is 8.40. The topological polar surface area (TPSA) is 90.3 Å². The number of halogens is 1. The lowest BCUT2D eigenvalue weighted by atomic mass is 10.4. The Balaban J connectivity index is 2.68. The molecule has 0 bridgehead atoms. The number of carbonyl (C=O) groups excluding carboxylic acids is 1. The number of hydrogen-bond donors (Lipinski definition) is 1. The van der Waals surface area contributed by atoms with Gasteiger partial charge in [-0.15, -0.1) is 11.6 Å². The number of aryl methyl sites for hydroxylation is 1. The molecule has 1 rings (SSSR count). The van der Waals surface area contributed by atoms with E-state index in [4.69, 9.17) is 11.6 Å². The van der Waals surface area contributed by atoms with E-state index in [9.17, 15) is 13.2 Å². The zero-order chi connectivity index (χ0) is 13.8. The minimum absolute atomic E-state index is 0.113. The lowest BCUT2D eigenvalue weighted by Crippen LogP contribution is -2.34. The second-order valence-corrected chi connectivity index (χ2v) is 5.63. The molecule has 0 aliphatic rings. The van der Waals surface area contributed by atoms with E-state index < -0.39 is 21.4 Å². The summed E-state index contributed by atoms with van der Waals surface area (Å²) in [6, 6.07) is 0. The molecular weight excluding hydrogens is 282 g/mol. The number of nitrogens with zero attached hydrogens (tertiary/aromatic N) is 2. The molecule has 0 aliphatic carbocycles. The normalized spacial score (nSPS) is 13.3. The monoisotopic (exact) mass is 295 g/mol. The molecule has 7 nitrogen and oxygen atoms in total. The molecule has 1 atom stereocenters. The maximum Gasteiger partial charge on any atom is 0.325 e. The summed E-state index contributed by atoms with van der Waals surface area (Å²) >= 11 is 5.63. The van der Waals surface area contributed by atoms with Gasteiger partial charge in [-0.25, -0.2) is 18.1 Å². The number of carbonyl (C=O) groups is 1. The number of aromatic nitrogens is 2. The van der Waals surface area contributed by atoms with Crippen molar-refractivity contribution < 1.29 is 17.9 Å². The highest BCUT2D eigenvalue weighted by molar-refractivity contribution is 7.89. The van der Waals surface area contributed by atoms with E-state index in [1.165, 1.54) is 19.6 Å². The van der Waals surface area contributed by atoms with Gasteiger partial charge in [0.05, 0.1) is 13.4 Å². The maximum absolute atomic E-state index is 11.8. The Hall–Kier alpha value is -1.12. The van der Waals surface area contributed by atoms with E-state index >= 15 is 0 Å². The lowest BCUT2D eigenvalue weighted by Gasteiger charge is -2.08. The van der Waals surface area contributed by atoms with Crippen LogP contribution in [-0.4, -0.2) is 43.0 Å². The summed E-state index contributed by atoms with van der Waals surface area (Å²) in [6.45, 7) is 2.22. The number of methoxy groups -OCH3 is 1. The second-order valence-electron chi connectivity index (χ2n) is 3.38. The van der Waals surface area contributed by atoms with E-state index in [-0.39, 0.29) is 11.6 Å². The van der Waals surface area contributed by atoms with Crippen LogP contribution in [0, 0.1) is 0 Å². The van der Waals surface area contributed by atoms with Crippen LogP contribution >= 0.6 is 11.6 Å². The average molecular weight is 296 g/mol. The van der Waals surface area contributed by atoms with Gasteiger partial charge in [0.2, 0.25) is 0 Å². The van der Waals surface area contributed by atoms with Gasteiger partial charge in [0, 0.05) is 19.3 Å². The number of hydrogen-bond acceptors (Lipinski definition) is 5.